The molecule has 4 aliphatic rings. The van der Waals surface area contributed by atoms with Crippen molar-refractivity contribution in [3.05, 3.63) is 46.2 Å². The highest BCUT2D eigenvalue weighted by atomic mass is 32.1. The summed E-state index contributed by atoms with van der Waals surface area (Å²) in [5, 5.41) is 7.17. The maximum atomic E-state index is 15.3. The number of fused-ring (bicyclic) bond motifs is 6. The van der Waals surface area contributed by atoms with Crippen molar-refractivity contribution in [3.63, 3.8) is 0 Å². The maximum Gasteiger partial charge on any atom is 0.263 e. The van der Waals surface area contributed by atoms with E-state index in [1.165, 1.54) is 11.3 Å². The summed E-state index contributed by atoms with van der Waals surface area (Å²) in [5.74, 6) is -0.0825. The SMILES string of the molecule is Cc1ccc2c(N)c(C(=O)N[C@H]3COc4cc(N5C[C@]6(C)CNCC5CO6)cc(F)c4C3)sc2n1. The highest BCUT2D eigenvalue weighted by Gasteiger charge is 2.40. The van der Waals surface area contributed by atoms with Gasteiger partial charge in [-0.15, -0.1) is 11.3 Å². The number of nitrogens with two attached hydrogens (primary N) is 1. The van der Waals surface area contributed by atoms with Crippen LogP contribution in [-0.2, 0) is 11.2 Å². The Balaban J connectivity index is 1.20. The van der Waals surface area contributed by atoms with Crippen molar-refractivity contribution < 1.29 is 18.7 Å². The number of amides is 1. The number of aromatic nitrogens is 1. The molecule has 1 amide bonds. The van der Waals surface area contributed by atoms with Gasteiger partial charge in [0.25, 0.3) is 5.91 Å². The number of anilines is 2. The van der Waals surface area contributed by atoms with E-state index in [0.717, 1.165) is 34.7 Å². The molecule has 3 fully saturated rings. The minimum atomic E-state index is -0.361. The molecule has 3 aromatic rings. The van der Waals surface area contributed by atoms with Crippen molar-refractivity contribution in [1.29, 1.82) is 0 Å². The van der Waals surface area contributed by atoms with Crippen LogP contribution >= 0.6 is 11.3 Å². The molecule has 3 atom stereocenters. The number of halogens is 1. The number of carbonyl (C=O) groups is 1. The molecule has 0 spiro atoms. The van der Waals surface area contributed by atoms with E-state index in [0.29, 0.717) is 41.4 Å². The quantitative estimate of drug-likeness (QED) is 0.511. The fourth-order valence-corrected chi connectivity index (χ4v) is 6.23. The van der Waals surface area contributed by atoms with E-state index in [2.05, 4.69) is 27.4 Å². The first kappa shape index (κ1) is 22.5. The molecule has 35 heavy (non-hydrogen) atoms. The van der Waals surface area contributed by atoms with Gasteiger partial charge >= 0.3 is 0 Å². The van der Waals surface area contributed by atoms with Gasteiger partial charge in [-0.25, -0.2) is 9.37 Å². The van der Waals surface area contributed by atoms with Crippen LogP contribution in [0.1, 0.15) is 27.9 Å². The molecule has 1 unspecified atom stereocenters. The molecular weight excluding hydrogens is 469 g/mol. The fourth-order valence-electron chi connectivity index (χ4n) is 5.19. The third-order valence-electron chi connectivity index (χ3n) is 7.08. The molecule has 8 nitrogen and oxygen atoms in total. The second-order valence-electron chi connectivity index (χ2n) is 9.91. The summed E-state index contributed by atoms with van der Waals surface area (Å²) < 4.78 is 27.3. The summed E-state index contributed by atoms with van der Waals surface area (Å²) in [6.45, 7) is 7.08. The molecule has 6 heterocycles. The van der Waals surface area contributed by atoms with Gasteiger partial charge in [-0.1, -0.05) is 0 Å². The lowest BCUT2D eigenvalue weighted by atomic mass is 9.99. The lowest BCUT2D eigenvalue weighted by Crippen LogP contribution is -2.55. The number of hydrogen-bond donors (Lipinski definition) is 3. The molecule has 0 saturated carbocycles. The summed E-state index contributed by atoms with van der Waals surface area (Å²) in [7, 11) is 0. The van der Waals surface area contributed by atoms with Crippen LogP contribution in [0.2, 0.25) is 0 Å². The molecule has 4 aliphatic heterocycles. The second kappa shape index (κ2) is 8.32. The standard InChI is InChI=1S/C25H28FN5O3S/c1-13-3-4-17-21(27)22(35-24(17)29-13)23(32)30-14-5-18-19(26)6-15(7-20(18)33-9-14)31-12-25(2)11-28-8-16(31)10-34-25/h3-4,6-7,14,16,28H,5,8-12,27H2,1-2H3,(H,30,32)/t14-,16?,25+/m1/s1. The zero-order valence-corrected chi connectivity index (χ0v) is 20.5. The highest BCUT2D eigenvalue weighted by molar-refractivity contribution is 7.21. The Bertz CT molecular complexity index is 1330. The third kappa shape index (κ3) is 3.99. The van der Waals surface area contributed by atoms with Crippen molar-refractivity contribution in [2.24, 2.45) is 0 Å². The average molecular weight is 498 g/mol. The predicted molar refractivity (Wildman–Crippen MR) is 134 cm³/mol. The lowest BCUT2D eigenvalue weighted by Gasteiger charge is -2.43. The zero-order chi connectivity index (χ0) is 24.3. The van der Waals surface area contributed by atoms with E-state index in [9.17, 15) is 4.79 Å². The third-order valence-corrected chi connectivity index (χ3v) is 8.20. The van der Waals surface area contributed by atoms with Crippen molar-refractivity contribution in [2.75, 3.05) is 43.5 Å². The number of carbonyl (C=O) groups excluding carboxylic acids is 1. The Morgan fingerprint density at radius 1 is 1.37 bits per heavy atom. The number of ether oxygens (including phenoxy) is 2. The number of morpholine rings is 1. The minimum absolute atomic E-state index is 0.142. The van der Waals surface area contributed by atoms with E-state index in [4.69, 9.17) is 15.2 Å². The predicted octanol–water partition coefficient (Wildman–Crippen LogP) is 2.63. The Hall–Kier alpha value is -2.95. The van der Waals surface area contributed by atoms with Gasteiger partial charge in [0, 0.05) is 54.5 Å². The van der Waals surface area contributed by atoms with Gasteiger partial charge in [0.2, 0.25) is 0 Å². The smallest absolute Gasteiger partial charge is 0.263 e. The van der Waals surface area contributed by atoms with Gasteiger partial charge in [-0.2, -0.15) is 0 Å². The zero-order valence-electron chi connectivity index (χ0n) is 19.7. The van der Waals surface area contributed by atoms with Gasteiger partial charge in [0.15, 0.2) is 0 Å². The van der Waals surface area contributed by atoms with Gasteiger partial charge in [0.05, 0.1) is 30.0 Å². The van der Waals surface area contributed by atoms with Crippen LogP contribution in [-0.4, -0.2) is 61.4 Å². The monoisotopic (exact) mass is 497 g/mol. The number of nitrogen functional groups attached to an aromatic ring is 1. The van der Waals surface area contributed by atoms with E-state index in [1.54, 1.807) is 6.07 Å². The van der Waals surface area contributed by atoms with Crippen LogP contribution in [0.25, 0.3) is 10.2 Å². The second-order valence-corrected chi connectivity index (χ2v) is 10.9. The topological polar surface area (TPSA) is 102 Å². The minimum Gasteiger partial charge on any atom is -0.491 e. The van der Waals surface area contributed by atoms with E-state index in [1.807, 2.05) is 25.1 Å². The summed E-state index contributed by atoms with van der Waals surface area (Å²) in [5.41, 5.74) is 8.48. The van der Waals surface area contributed by atoms with Gasteiger partial charge in [0.1, 0.15) is 27.9 Å². The van der Waals surface area contributed by atoms with Crippen LogP contribution in [0.4, 0.5) is 15.8 Å². The molecule has 1 aromatic carbocycles. The fraction of sp³-hybridized carbons (Fsp3) is 0.440. The summed E-state index contributed by atoms with van der Waals surface area (Å²) in [6.07, 6.45) is 0.348. The van der Waals surface area contributed by atoms with Crippen molar-refractivity contribution >= 4 is 38.8 Å². The lowest BCUT2D eigenvalue weighted by molar-refractivity contribution is -0.0393. The number of rotatable bonds is 3. The van der Waals surface area contributed by atoms with Crippen LogP contribution in [0.5, 0.6) is 5.75 Å². The van der Waals surface area contributed by atoms with E-state index < -0.39 is 0 Å². The largest absolute Gasteiger partial charge is 0.491 e. The van der Waals surface area contributed by atoms with Crippen molar-refractivity contribution in [3.8, 4) is 5.75 Å². The molecule has 2 bridgehead atoms. The van der Waals surface area contributed by atoms with Crippen molar-refractivity contribution in [1.82, 2.24) is 15.6 Å². The van der Waals surface area contributed by atoms with Crippen LogP contribution in [0.15, 0.2) is 24.3 Å². The summed E-state index contributed by atoms with van der Waals surface area (Å²) in [6, 6.07) is 7.03. The van der Waals surface area contributed by atoms with Gasteiger partial charge in [-0.05, 0) is 32.0 Å². The van der Waals surface area contributed by atoms with E-state index >= 15 is 4.39 Å². The van der Waals surface area contributed by atoms with Crippen molar-refractivity contribution in [2.45, 2.75) is 38.0 Å². The number of nitrogens with zero attached hydrogens (tertiary/aromatic N) is 2. The first-order valence-corrected chi connectivity index (χ1v) is 12.6. The molecule has 2 aromatic heterocycles. The van der Waals surface area contributed by atoms with Gasteiger partial charge < -0.3 is 30.7 Å². The number of thiophene rings is 1. The molecule has 0 aliphatic carbocycles. The van der Waals surface area contributed by atoms with Gasteiger partial charge in [-0.3, -0.25) is 4.79 Å². The number of hydrogen-bond acceptors (Lipinski definition) is 8. The number of pyridine rings is 1. The normalized spacial score (nSPS) is 25.7. The maximum absolute atomic E-state index is 15.3. The highest BCUT2D eigenvalue weighted by Crippen LogP contribution is 2.37. The van der Waals surface area contributed by atoms with E-state index in [-0.39, 0.29) is 36.0 Å². The molecular formula is C25H28FN5O3S. The number of nitrogens with one attached hydrogen (secondary N) is 2. The molecule has 4 N–H and O–H groups in total. The molecule has 10 heteroatoms. The molecule has 7 rings (SSSR count). The summed E-state index contributed by atoms with van der Waals surface area (Å²) in [4.78, 5) is 20.8. The molecule has 0 radical (unpaired) electrons. The number of aryl methyl sites for hydroxylation is 1. The molecule has 184 valence electrons. The Morgan fingerprint density at radius 2 is 2.23 bits per heavy atom. The Morgan fingerprint density at radius 3 is 3.09 bits per heavy atom. The first-order chi connectivity index (χ1) is 16.8. The van der Waals surface area contributed by atoms with Crippen LogP contribution < -0.4 is 26.0 Å². The van der Waals surface area contributed by atoms with Crippen LogP contribution in [0.3, 0.4) is 0 Å². The average Bonchev–Trinajstić information content (AvgIpc) is 2.95. The first-order valence-electron chi connectivity index (χ1n) is 11.8. The Labute approximate surface area is 206 Å². The molecule has 3 saturated heterocycles. The van der Waals surface area contributed by atoms with Crippen LogP contribution in [0, 0.1) is 12.7 Å². The number of benzene rings is 1. The Kier molecular flexibility index (Phi) is 5.35. The summed E-state index contributed by atoms with van der Waals surface area (Å²) >= 11 is 1.26.